The lowest BCUT2D eigenvalue weighted by Crippen LogP contribution is -2.54. The average molecular weight is 359 g/mol. The number of hydrogen-bond donors (Lipinski definition) is 0. The Balaban J connectivity index is 1.35. The van der Waals surface area contributed by atoms with E-state index in [0.717, 1.165) is 29.6 Å². The number of ether oxygens (including phenoxy) is 2. The van der Waals surface area contributed by atoms with Crippen LogP contribution in [0, 0.1) is 40.4 Å². The van der Waals surface area contributed by atoms with Gasteiger partial charge in [-0.05, 0) is 111 Å². The van der Waals surface area contributed by atoms with Gasteiger partial charge < -0.3 is 9.47 Å². The van der Waals surface area contributed by atoms with E-state index in [4.69, 9.17) is 9.47 Å². The van der Waals surface area contributed by atoms with Crippen LogP contribution < -0.4 is 0 Å². The molecule has 0 N–H and O–H groups in total. The highest BCUT2D eigenvalue weighted by Crippen LogP contribution is 2.69. The summed E-state index contributed by atoms with van der Waals surface area (Å²) in [7, 11) is 1.74. The van der Waals surface area contributed by atoms with Gasteiger partial charge in [0.2, 0.25) is 0 Å². The van der Waals surface area contributed by atoms with Gasteiger partial charge in [-0.1, -0.05) is 19.1 Å². The highest BCUT2D eigenvalue weighted by Gasteiger charge is 2.61. The van der Waals surface area contributed by atoms with E-state index in [2.05, 4.69) is 19.1 Å². The molecular formula is C24H38O2. The lowest BCUT2D eigenvalue weighted by atomic mass is 9.43. The third-order valence-electron chi connectivity index (χ3n) is 9.97. The summed E-state index contributed by atoms with van der Waals surface area (Å²) in [4.78, 5) is 0. The Kier molecular flexibility index (Phi) is 4.52. The number of rotatable bonds is 3. The zero-order chi connectivity index (χ0) is 17.8. The molecule has 5 aliphatic carbocycles. The molecule has 2 nitrogen and oxygen atoms in total. The van der Waals surface area contributed by atoms with Crippen molar-refractivity contribution in [2.75, 3.05) is 13.9 Å². The van der Waals surface area contributed by atoms with Gasteiger partial charge in [-0.3, -0.25) is 0 Å². The minimum atomic E-state index is 0.443. The summed E-state index contributed by atoms with van der Waals surface area (Å²) in [6.45, 7) is 3.14. The molecule has 146 valence electrons. The summed E-state index contributed by atoms with van der Waals surface area (Å²) in [6, 6.07) is 0. The van der Waals surface area contributed by atoms with E-state index in [-0.39, 0.29) is 0 Å². The van der Waals surface area contributed by atoms with E-state index in [1.165, 1.54) is 70.6 Å². The Labute approximate surface area is 160 Å². The largest absolute Gasteiger partial charge is 0.359 e. The minimum Gasteiger partial charge on any atom is -0.359 e. The van der Waals surface area contributed by atoms with Crippen molar-refractivity contribution in [1.82, 2.24) is 0 Å². The molecule has 1 spiro atoms. The molecule has 0 aromatic rings. The predicted molar refractivity (Wildman–Crippen MR) is 105 cm³/mol. The second-order valence-corrected chi connectivity index (χ2v) is 10.5. The lowest BCUT2D eigenvalue weighted by Gasteiger charge is -2.62. The molecule has 0 heterocycles. The molecule has 8 atom stereocenters. The van der Waals surface area contributed by atoms with Crippen LogP contribution in [0.2, 0.25) is 0 Å². The predicted octanol–water partition coefficient (Wildman–Crippen LogP) is 5.96. The van der Waals surface area contributed by atoms with Crippen LogP contribution in [-0.2, 0) is 9.47 Å². The third-order valence-corrected chi connectivity index (χ3v) is 9.97. The summed E-state index contributed by atoms with van der Waals surface area (Å²) in [5.41, 5.74) is 1.29. The first-order valence-electron chi connectivity index (χ1n) is 11.4. The fourth-order valence-corrected chi connectivity index (χ4v) is 8.78. The molecule has 5 rings (SSSR count). The molecule has 0 aliphatic heterocycles. The maximum atomic E-state index is 5.97. The molecule has 4 fully saturated rings. The van der Waals surface area contributed by atoms with Crippen molar-refractivity contribution in [2.24, 2.45) is 40.4 Å². The minimum absolute atomic E-state index is 0.443. The van der Waals surface area contributed by atoms with Crippen molar-refractivity contribution in [1.29, 1.82) is 0 Å². The van der Waals surface area contributed by atoms with Gasteiger partial charge in [0.15, 0.2) is 0 Å². The zero-order valence-electron chi connectivity index (χ0n) is 16.9. The average Bonchev–Trinajstić information content (AvgIpc) is 3.06. The summed E-state index contributed by atoms with van der Waals surface area (Å²) < 4.78 is 11.1. The van der Waals surface area contributed by atoms with Crippen molar-refractivity contribution in [2.45, 2.75) is 83.7 Å². The molecule has 0 unspecified atom stereocenters. The van der Waals surface area contributed by atoms with Crippen molar-refractivity contribution < 1.29 is 9.47 Å². The van der Waals surface area contributed by atoms with Crippen LogP contribution in [0.1, 0.15) is 77.6 Å². The van der Waals surface area contributed by atoms with E-state index in [1.54, 1.807) is 7.11 Å². The number of fused-ring (bicyclic) bond motifs is 4. The molecular weight excluding hydrogens is 320 g/mol. The Bertz CT molecular complexity index is 556. The van der Waals surface area contributed by atoms with E-state index in [9.17, 15) is 0 Å². The number of methoxy groups -OCH3 is 1. The highest BCUT2D eigenvalue weighted by molar-refractivity contribution is 5.16. The SMILES string of the molecule is COCO[C@@H]1CC[C@@]2(C)[C@@H](CC[C@@H]3[C@@H]2CC[C@]24CCC=C[C@H]2CC[C@@H]34)C1. The van der Waals surface area contributed by atoms with Gasteiger partial charge >= 0.3 is 0 Å². The van der Waals surface area contributed by atoms with Crippen molar-refractivity contribution >= 4 is 0 Å². The molecule has 2 heteroatoms. The smallest absolute Gasteiger partial charge is 0.146 e. The van der Waals surface area contributed by atoms with Gasteiger partial charge in [-0.25, -0.2) is 0 Å². The van der Waals surface area contributed by atoms with Crippen LogP contribution in [0.5, 0.6) is 0 Å². The first-order chi connectivity index (χ1) is 12.7. The molecule has 0 saturated heterocycles. The fourth-order valence-electron chi connectivity index (χ4n) is 8.78. The van der Waals surface area contributed by atoms with Gasteiger partial charge in [-0.2, -0.15) is 0 Å². The summed E-state index contributed by atoms with van der Waals surface area (Å²) in [5.74, 6) is 4.86. The molecule has 4 saturated carbocycles. The summed E-state index contributed by atoms with van der Waals surface area (Å²) >= 11 is 0. The lowest BCUT2D eigenvalue weighted by molar-refractivity contribution is -0.154. The molecule has 5 aliphatic rings. The molecule has 0 bridgehead atoms. The quantitative estimate of drug-likeness (QED) is 0.457. The van der Waals surface area contributed by atoms with Crippen LogP contribution in [0.3, 0.4) is 0 Å². The van der Waals surface area contributed by atoms with Crippen molar-refractivity contribution in [3.05, 3.63) is 12.2 Å². The van der Waals surface area contributed by atoms with Crippen LogP contribution in [0.25, 0.3) is 0 Å². The van der Waals surface area contributed by atoms with E-state index in [0.29, 0.717) is 23.7 Å². The topological polar surface area (TPSA) is 18.5 Å². The molecule has 0 amide bonds. The maximum Gasteiger partial charge on any atom is 0.146 e. The monoisotopic (exact) mass is 358 g/mol. The Morgan fingerprint density at radius 2 is 1.88 bits per heavy atom. The zero-order valence-corrected chi connectivity index (χ0v) is 16.9. The van der Waals surface area contributed by atoms with Crippen molar-refractivity contribution in [3.8, 4) is 0 Å². The van der Waals surface area contributed by atoms with Crippen LogP contribution in [-0.4, -0.2) is 20.0 Å². The van der Waals surface area contributed by atoms with Gasteiger partial charge in [0.05, 0.1) is 6.10 Å². The molecule has 0 radical (unpaired) electrons. The third kappa shape index (κ3) is 2.50. The van der Waals surface area contributed by atoms with Gasteiger partial charge in [0, 0.05) is 7.11 Å². The van der Waals surface area contributed by atoms with Crippen LogP contribution in [0.4, 0.5) is 0 Å². The number of hydrogen-bond acceptors (Lipinski definition) is 2. The second-order valence-electron chi connectivity index (χ2n) is 10.5. The normalized spacial score (nSPS) is 52.7. The summed E-state index contributed by atoms with van der Waals surface area (Å²) in [6.07, 6.45) is 21.3. The van der Waals surface area contributed by atoms with Gasteiger partial charge in [0.25, 0.3) is 0 Å². The standard InChI is InChI=1S/C24H38O2/c1-23-13-10-19(26-16-25-2)15-18(23)6-8-20-21(23)11-14-24-12-4-3-5-17(24)7-9-22(20)24/h3,5,17-22H,4,6-16H2,1-2H3/t17-,18-,19+,20+,21-,22-,23-,24+/m0/s1. The van der Waals surface area contributed by atoms with Crippen LogP contribution in [0.15, 0.2) is 12.2 Å². The van der Waals surface area contributed by atoms with Gasteiger partial charge in [0.1, 0.15) is 6.79 Å². The number of allylic oxidation sites excluding steroid dienone is 2. The molecule has 0 aromatic carbocycles. The van der Waals surface area contributed by atoms with Crippen molar-refractivity contribution in [3.63, 3.8) is 0 Å². The van der Waals surface area contributed by atoms with Gasteiger partial charge in [-0.15, -0.1) is 0 Å². The van der Waals surface area contributed by atoms with E-state index in [1.807, 2.05) is 0 Å². The Morgan fingerprint density at radius 1 is 0.962 bits per heavy atom. The Hall–Kier alpha value is -0.340. The molecule has 0 aromatic heterocycles. The summed E-state index contributed by atoms with van der Waals surface area (Å²) in [5, 5.41) is 0. The van der Waals surface area contributed by atoms with E-state index < -0.39 is 0 Å². The first kappa shape index (κ1) is 17.7. The van der Waals surface area contributed by atoms with Crippen LogP contribution >= 0.6 is 0 Å². The second kappa shape index (κ2) is 6.62. The van der Waals surface area contributed by atoms with E-state index >= 15 is 0 Å². The maximum absolute atomic E-state index is 5.97. The Morgan fingerprint density at radius 3 is 2.77 bits per heavy atom. The molecule has 26 heavy (non-hydrogen) atoms. The first-order valence-corrected chi connectivity index (χ1v) is 11.4. The fraction of sp³-hybridized carbons (Fsp3) is 0.917. The highest BCUT2D eigenvalue weighted by atomic mass is 16.7.